The van der Waals surface area contributed by atoms with Crippen molar-refractivity contribution in [1.29, 1.82) is 0 Å². The second-order valence-electron chi connectivity index (χ2n) is 9.08. The summed E-state index contributed by atoms with van der Waals surface area (Å²) in [6.07, 6.45) is 0.194. The number of aliphatic carboxylic acids is 1. The van der Waals surface area contributed by atoms with Crippen molar-refractivity contribution in [3.8, 4) is 11.5 Å². The van der Waals surface area contributed by atoms with Crippen LogP contribution in [0.25, 0.3) is 0 Å². The molecule has 3 N–H and O–H groups in total. The van der Waals surface area contributed by atoms with Crippen LogP contribution in [-0.2, 0) is 23.7 Å². The number of hydrogen-bond donors (Lipinski definition) is 2. The Balaban J connectivity index is 3.26. The molecule has 0 saturated heterocycles. The summed E-state index contributed by atoms with van der Waals surface area (Å²) in [5.41, 5.74) is 6.35. The van der Waals surface area contributed by atoms with Crippen LogP contribution in [0.5, 0.6) is 11.5 Å². The van der Waals surface area contributed by atoms with Crippen LogP contribution >= 0.6 is 0 Å². The first-order valence-corrected chi connectivity index (χ1v) is 13.2. The number of unbranched alkanes of at least 4 members (excludes halogenated alkanes) is 2. The van der Waals surface area contributed by atoms with E-state index in [4.69, 9.17) is 34.2 Å². The zero-order valence-electron chi connectivity index (χ0n) is 23.3. The lowest BCUT2D eigenvalue weighted by atomic mass is 9.82. The summed E-state index contributed by atoms with van der Waals surface area (Å²) in [6.45, 7) is 9.15. The Kier molecular flexibility index (Phi) is 15.3. The molecule has 4 atom stereocenters. The molecule has 0 aromatic heterocycles. The maximum atomic E-state index is 12.3. The van der Waals surface area contributed by atoms with Gasteiger partial charge >= 0.3 is 24.4 Å². The van der Waals surface area contributed by atoms with Gasteiger partial charge in [-0.2, -0.15) is 0 Å². The molecule has 12 heteroatoms. The Bertz CT molecular complexity index is 936. The van der Waals surface area contributed by atoms with E-state index in [1.54, 1.807) is 13.8 Å². The van der Waals surface area contributed by atoms with Gasteiger partial charge in [0.2, 0.25) is 0 Å². The zero-order chi connectivity index (χ0) is 29.4. The molecule has 0 aliphatic rings. The van der Waals surface area contributed by atoms with Gasteiger partial charge in [0.25, 0.3) is 0 Å². The molecule has 3 unspecified atom stereocenters. The van der Waals surface area contributed by atoms with Crippen LogP contribution in [0.4, 0.5) is 14.4 Å². The van der Waals surface area contributed by atoms with E-state index in [2.05, 4.69) is 0 Å². The maximum Gasteiger partial charge on any atom is 0.513 e. The van der Waals surface area contributed by atoms with Gasteiger partial charge in [-0.25, -0.2) is 14.4 Å². The van der Waals surface area contributed by atoms with Gasteiger partial charge in [0, 0.05) is 5.92 Å². The third kappa shape index (κ3) is 12.2. The van der Waals surface area contributed by atoms with Crippen LogP contribution in [0.3, 0.4) is 0 Å². The largest absolute Gasteiger partial charge is 0.513 e. The highest BCUT2D eigenvalue weighted by atomic mass is 16.7. The lowest BCUT2D eigenvalue weighted by Gasteiger charge is -2.28. The van der Waals surface area contributed by atoms with Gasteiger partial charge in [-0.05, 0) is 49.8 Å². The molecule has 0 spiro atoms. The summed E-state index contributed by atoms with van der Waals surface area (Å²) in [5, 5.41) is 9.65. The molecule has 0 aliphatic carbocycles. The summed E-state index contributed by atoms with van der Waals surface area (Å²) >= 11 is 0. The highest BCUT2D eigenvalue weighted by Gasteiger charge is 2.33. The molecule has 1 aromatic rings. The minimum absolute atomic E-state index is 0.123. The Morgan fingerprint density at radius 1 is 0.846 bits per heavy atom. The number of carbonyl (C=O) groups excluding carboxylic acids is 3. The van der Waals surface area contributed by atoms with E-state index >= 15 is 0 Å². The minimum atomic E-state index is -1.41. The Morgan fingerprint density at radius 3 is 1.92 bits per heavy atom. The number of carbonyl (C=O) groups is 4. The minimum Gasteiger partial charge on any atom is -0.480 e. The van der Waals surface area contributed by atoms with Crippen LogP contribution < -0.4 is 15.2 Å². The lowest BCUT2D eigenvalue weighted by molar-refractivity contribution is -0.139. The van der Waals surface area contributed by atoms with E-state index in [1.165, 1.54) is 18.2 Å². The fourth-order valence-corrected chi connectivity index (χ4v) is 3.36. The third-order valence-electron chi connectivity index (χ3n) is 5.80. The second kappa shape index (κ2) is 17.9. The fourth-order valence-electron chi connectivity index (χ4n) is 3.36. The predicted octanol–water partition coefficient (Wildman–Crippen LogP) is 5.40. The SMILES string of the molecule is CCCCOC(=O)Oc1ccc(C(C(C)COC(=O)OC(C)CC)[C@H](N)C(=O)O)cc1OC(=O)OCCCC. The molecular formula is C27H41NO11. The van der Waals surface area contributed by atoms with E-state index in [0.29, 0.717) is 24.8 Å². The molecule has 0 heterocycles. The number of benzene rings is 1. The summed E-state index contributed by atoms with van der Waals surface area (Å²) < 4.78 is 30.8. The first-order chi connectivity index (χ1) is 18.5. The summed E-state index contributed by atoms with van der Waals surface area (Å²) in [5.74, 6) is -3.14. The second-order valence-corrected chi connectivity index (χ2v) is 9.08. The average Bonchev–Trinajstić information content (AvgIpc) is 2.89. The topological polar surface area (TPSA) is 170 Å². The third-order valence-corrected chi connectivity index (χ3v) is 5.80. The average molecular weight is 556 g/mol. The van der Waals surface area contributed by atoms with Gasteiger partial charge in [-0.1, -0.05) is 46.6 Å². The molecule has 0 bridgehead atoms. The van der Waals surface area contributed by atoms with Crippen LogP contribution in [0.2, 0.25) is 0 Å². The molecule has 12 nitrogen and oxygen atoms in total. The highest BCUT2D eigenvalue weighted by Crippen LogP contribution is 2.36. The van der Waals surface area contributed by atoms with Crippen molar-refractivity contribution < 1.29 is 52.7 Å². The van der Waals surface area contributed by atoms with Crippen molar-refractivity contribution in [3.05, 3.63) is 23.8 Å². The summed E-state index contributed by atoms with van der Waals surface area (Å²) in [6, 6.07) is 2.73. The Hall–Kier alpha value is -3.54. The van der Waals surface area contributed by atoms with Gasteiger partial charge < -0.3 is 39.3 Å². The molecule has 0 amide bonds. The smallest absolute Gasteiger partial charge is 0.480 e. The molecule has 0 radical (unpaired) electrons. The summed E-state index contributed by atoms with van der Waals surface area (Å²) in [7, 11) is 0. The van der Waals surface area contributed by atoms with Crippen LogP contribution in [-0.4, -0.2) is 61.5 Å². The molecule has 1 rings (SSSR count). The first-order valence-electron chi connectivity index (χ1n) is 13.2. The Labute approximate surface area is 229 Å². The van der Waals surface area contributed by atoms with Crippen molar-refractivity contribution in [2.45, 2.75) is 84.8 Å². The molecule has 0 fully saturated rings. The number of carboxylic acids is 1. The number of ether oxygens (including phenoxy) is 6. The number of hydrogen-bond acceptors (Lipinski definition) is 11. The zero-order valence-corrected chi connectivity index (χ0v) is 23.3. The van der Waals surface area contributed by atoms with Crippen molar-refractivity contribution >= 4 is 24.4 Å². The molecule has 0 aliphatic heterocycles. The number of rotatable bonds is 16. The van der Waals surface area contributed by atoms with Gasteiger partial charge in [0.15, 0.2) is 11.5 Å². The van der Waals surface area contributed by atoms with Crippen LogP contribution in [0, 0.1) is 5.92 Å². The van der Waals surface area contributed by atoms with Gasteiger partial charge in [-0.3, -0.25) is 4.79 Å². The summed E-state index contributed by atoms with van der Waals surface area (Å²) in [4.78, 5) is 48.2. The van der Waals surface area contributed by atoms with Crippen molar-refractivity contribution in [3.63, 3.8) is 0 Å². The predicted molar refractivity (Wildman–Crippen MR) is 140 cm³/mol. The van der Waals surface area contributed by atoms with E-state index in [-0.39, 0.29) is 37.4 Å². The monoisotopic (exact) mass is 555 g/mol. The Morgan fingerprint density at radius 2 is 1.41 bits per heavy atom. The van der Waals surface area contributed by atoms with Crippen LogP contribution in [0.1, 0.15) is 78.2 Å². The fraction of sp³-hybridized carbons (Fsp3) is 0.630. The van der Waals surface area contributed by atoms with Crippen molar-refractivity contribution in [2.75, 3.05) is 19.8 Å². The standard InChI is InChI=1S/C27H41NO11/c1-6-9-13-34-25(31)38-20-12-11-19(15-21(20)39-26(32)35-14-10-7-2)22(23(28)24(29)30)17(4)16-36-27(33)37-18(5)8-3/h11-12,15,17-18,22-23H,6-10,13-14,16,28H2,1-5H3,(H,29,30)/t17?,18?,22?,23-/m0/s1. The van der Waals surface area contributed by atoms with Crippen molar-refractivity contribution in [2.24, 2.45) is 11.7 Å². The first kappa shape index (κ1) is 33.5. The lowest BCUT2D eigenvalue weighted by Crippen LogP contribution is -2.40. The van der Waals surface area contributed by atoms with E-state index in [0.717, 1.165) is 12.8 Å². The molecule has 39 heavy (non-hydrogen) atoms. The normalized spacial score (nSPS) is 13.8. The maximum absolute atomic E-state index is 12.3. The number of carboxylic acid groups (broad SMARTS) is 1. The van der Waals surface area contributed by atoms with Crippen LogP contribution in [0.15, 0.2) is 18.2 Å². The van der Waals surface area contributed by atoms with Gasteiger partial charge in [0.1, 0.15) is 12.1 Å². The van der Waals surface area contributed by atoms with Crippen molar-refractivity contribution in [1.82, 2.24) is 0 Å². The molecule has 0 saturated carbocycles. The molecule has 220 valence electrons. The van der Waals surface area contributed by atoms with Gasteiger partial charge in [0.05, 0.1) is 19.8 Å². The van der Waals surface area contributed by atoms with E-state index in [1.807, 2.05) is 20.8 Å². The van der Waals surface area contributed by atoms with E-state index in [9.17, 15) is 24.3 Å². The molecule has 1 aromatic carbocycles. The quantitative estimate of drug-likeness (QED) is 0.115. The number of nitrogens with two attached hydrogens (primary N) is 1. The molecular weight excluding hydrogens is 514 g/mol. The highest BCUT2D eigenvalue weighted by molar-refractivity contribution is 5.75. The van der Waals surface area contributed by atoms with E-state index < -0.39 is 42.3 Å². The van der Waals surface area contributed by atoms with Gasteiger partial charge in [-0.15, -0.1) is 0 Å².